The Bertz CT molecular complexity index is 1030. The van der Waals surface area contributed by atoms with Crippen LogP contribution >= 0.6 is 27.7 Å². The van der Waals surface area contributed by atoms with Crippen LogP contribution in [0.15, 0.2) is 31.3 Å². The summed E-state index contributed by atoms with van der Waals surface area (Å²) in [6, 6.07) is 1.67. The van der Waals surface area contributed by atoms with Crippen molar-refractivity contribution in [3.63, 3.8) is 0 Å². The number of aromatic nitrogens is 2. The van der Waals surface area contributed by atoms with E-state index in [9.17, 15) is 27.2 Å². The maximum atomic E-state index is 13.9. The number of halogens is 3. The van der Waals surface area contributed by atoms with Gasteiger partial charge in [-0.3, -0.25) is 15.5 Å². The van der Waals surface area contributed by atoms with E-state index < -0.39 is 33.3 Å². The second kappa shape index (κ2) is 10.1. The Balaban J connectivity index is 2.08. The van der Waals surface area contributed by atoms with Crippen molar-refractivity contribution < 1.29 is 31.8 Å². The number of nitrogens with zero attached hydrogens (tertiary/aromatic N) is 3. The number of rotatable bonds is 8. The number of carbonyl (C=O) groups is 1. The fourth-order valence-corrected chi connectivity index (χ4v) is 3.39. The molecule has 0 fully saturated rings. The summed E-state index contributed by atoms with van der Waals surface area (Å²) in [5, 5.41) is 23.7. The van der Waals surface area contributed by atoms with Crippen LogP contribution in [-0.4, -0.2) is 53.7 Å². The van der Waals surface area contributed by atoms with E-state index in [4.69, 9.17) is 5.14 Å². The third-order valence-corrected chi connectivity index (χ3v) is 5.23. The van der Waals surface area contributed by atoms with E-state index in [1.807, 2.05) is 0 Å². The van der Waals surface area contributed by atoms with Gasteiger partial charge in [-0.05, 0) is 32.3 Å². The number of benzene rings is 1. The predicted octanol–water partition coefficient (Wildman–Crippen LogP) is 0.664. The van der Waals surface area contributed by atoms with Crippen LogP contribution in [0, 0.1) is 11.6 Å². The third kappa shape index (κ3) is 7.00. The summed E-state index contributed by atoms with van der Waals surface area (Å²) in [5.41, 5.74) is 1.36. The van der Waals surface area contributed by atoms with E-state index in [2.05, 4.69) is 41.2 Å². The maximum Gasteiger partial charge on any atom is 0.236 e. The van der Waals surface area contributed by atoms with E-state index in [0.717, 1.165) is 17.8 Å². The number of amides is 1. The largest absolute Gasteiger partial charge is 0.354 e. The van der Waals surface area contributed by atoms with Gasteiger partial charge in [0.15, 0.2) is 22.4 Å². The average Bonchev–Trinajstić information content (AvgIpc) is 3.07. The average molecular weight is 515 g/mol. The molecule has 29 heavy (non-hydrogen) atoms. The molecule has 0 unspecified atom stereocenters. The van der Waals surface area contributed by atoms with E-state index in [0.29, 0.717) is 6.07 Å². The van der Waals surface area contributed by atoms with Crippen molar-refractivity contribution in [2.24, 2.45) is 10.1 Å². The molecule has 1 aromatic heterocycles. The Kier molecular flexibility index (Phi) is 8.03. The fraction of sp³-hybridized carbons (Fsp3) is 0.231. The van der Waals surface area contributed by atoms with Gasteiger partial charge in [0.05, 0.1) is 4.47 Å². The molecular weight excluding hydrogens is 502 g/mol. The van der Waals surface area contributed by atoms with Crippen LogP contribution in [0.2, 0.25) is 0 Å². The number of aliphatic imine (C=N–C) groups is 1. The van der Waals surface area contributed by atoms with E-state index in [1.54, 1.807) is 5.48 Å². The normalized spacial score (nSPS) is 12.1. The number of hydroxylamine groups is 1. The molecule has 1 aromatic carbocycles. The molecule has 0 aliphatic rings. The monoisotopic (exact) mass is 514 g/mol. The predicted molar refractivity (Wildman–Crippen MR) is 101 cm³/mol. The maximum absolute atomic E-state index is 13.9. The van der Waals surface area contributed by atoms with Crippen LogP contribution in [0.3, 0.4) is 0 Å². The Hall–Kier alpha value is -2.14. The zero-order valence-corrected chi connectivity index (χ0v) is 17.4. The van der Waals surface area contributed by atoms with Gasteiger partial charge in [-0.25, -0.2) is 32.0 Å². The summed E-state index contributed by atoms with van der Waals surface area (Å²) in [4.78, 5) is 15.2. The number of amidine groups is 1. The molecule has 0 spiro atoms. The Labute approximate surface area is 175 Å². The van der Waals surface area contributed by atoms with Gasteiger partial charge in [0.25, 0.3) is 0 Å². The molecule has 0 saturated carbocycles. The van der Waals surface area contributed by atoms with Gasteiger partial charge in [0, 0.05) is 18.4 Å². The van der Waals surface area contributed by atoms with Crippen LogP contribution in [0.4, 0.5) is 14.5 Å². The molecule has 1 amide bonds. The van der Waals surface area contributed by atoms with Gasteiger partial charge >= 0.3 is 0 Å². The standard InChI is InChI=1S/C13H13BrF2N6O5S2/c14-6-3-9(8(16)4-7(6)15)19-12(20-24)11-13(22-27-21-11)28-2-1-18-10(23)5-29(17,25)26/h3-4,24H,1-2,5H2,(H,18,23)(H,19,20)(H2,17,25,26). The summed E-state index contributed by atoms with van der Waals surface area (Å²) < 4.78 is 53.4. The zero-order valence-electron chi connectivity index (χ0n) is 14.2. The molecule has 1 heterocycles. The summed E-state index contributed by atoms with van der Waals surface area (Å²) in [5.74, 6) is -3.55. The summed E-state index contributed by atoms with van der Waals surface area (Å²) in [6.45, 7) is 0.0594. The Morgan fingerprint density at radius 1 is 1.34 bits per heavy atom. The van der Waals surface area contributed by atoms with E-state index in [1.165, 1.54) is 0 Å². The van der Waals surface area contributed by atoms with Crippen molar-refractivity contribution in [3.05, 3.63) is 33.9 Å². The van der Waals surface area contributed by atoms with Crippen LogP contribution in [0.5, 0.6) is 0 Å². The van der Waals surface area contributed by atoms with Crippen LogP contribution in [0.25, 0.3) is 0 Å². The first kappa shape index (κ1) is 23.1. The minimum absolute atomic E-state index is 0.0435. The van der Waals surface area contributed by atoms with Gasteiger partial charge in [-0.2, -0.15) is 0 Å². The first-order chi connectivity index (χ1) is 13.6. The number of hydrogen-bond donors (Lipinski definition) is 4. The molecule has 0 atom stereocenters. The highest BCUT2D eigenvalue weighted by Gasteiger charge is 2.19. The number of nitrogens with two attached hydrogens (primary N) is 1. The molecule has 0 radical (unpaired) electrons. The van der Waals surface area contributed by atoms with Gasteiger partial charge in [-0.1, -0.05) is 11.8 Å². The molecule has 16 heteroatoms. The SMILES string of the molecule is NS(=O)(=O)CC(=O)NCCSc1nonc1C(=Nc1cc(Br)c(F)cc1F)NO. The number of primary sulfonamides is 1. The first-order valence-electron chi connectivity index (χ1n) is 7.47. The molecule has 158 valence electrons. The highest BCUT2D eigenvalue weighted by Crippen LogP contribution is 2.27. The fourth-order valence-electron chi connectivity index (χ4n) is 1.84. The van der Waals surface area contributed by atoms with Gasteiger partial charge in [-0.15, -0.1) is 0 Å². The summed E-state index contributed by atoms with van der Waals surface area (Å²) in [7, 11) is -3.93. The lowest BCUT2D eigenvalue weighted by molar-refractivity contribution is -0.118. The van der Waals surface area contributed by atoms with Crippen LogP contribution in [0.1, 0.15) is 5.69 Å². The molecule has 2 rings (SSSR count). The molecule has 0 aliphatic heterocycles. The second-order valence-corrected chi connectivity index (χ2v) is 8.77. The zero-order chi connectivity index (χ0) is 21.6. The van der Waals surface area contributed by atoms with Gasteiger partial charge < -0.3 is 5.32 Å². The van der Waals surface area contributed by atoms with Crippen molar-refractivity contribution >= 4 is 55.1 Å². The lowest BCUT2D eigenvalue weighted by Crippen LogP contribution is -2.34. The number of carbonyl (C=O) groups excluding carboxylic acids is 1. The molecule has 2 aromatic rings. The Morgan fingerprint density at radius 2 is 2.07 bits per heavy atom. The molecular formula is C13H13BrF2N6O5S2. The van der Waals surface area contributed by atoms with Crippen molar-refractivity contribution in [3.8, 4) is 0 Å². The minimum Gasteiger partial charge on any atom is -0.354 e. The van der Waals surface area contributed by atoms with E-state index in [-0.39, 0.29) is 39.0 Å². The minimum atomic E-state index is -3.93. The summed E-state index contributed by atoms with van der Waals surface area (Å²) in [6.07, 6.45) is 0. The van der Waals surface area contributed by atoms with E-state index >= 15 is 0 Å². The molecule has 0 bridgehead atoms. The Morgan fingerprint density at radius 3 is 2.72 bits per heavy atom. The molecule has 0 saturated heterocycles. The third-order valence-electron chi connectivity index (χ3n) is 3.01. The quantitative estimate of drug-likeness (QED) is 0.0984. The molecule has 11 nitrogen and oxygen atoms in total. The smallest absolute Gasteiger partial charge is 0.236 e. The molecule has 0 aliphatic carbocycles. The highest BCUT2D eigenvalue weighted by atomic mass is 79.9. The van der Waals surface area contributed by atoms with Crippen molar-refractivity contribution in [1.29, 1.82) is 0 Å². The first-order valence-corrected chi connectivity index (χ1v) is 11.0. The van der Waals surface area contributed by atoms with Crippen LogP contribution in [-0.2, 0) is 14.8 Å². The summed E-state index contributed by atoms with van der Waals surface area (Å²) >= 11 is 3.92. The number of hydrogen-bond acceptors (Lipinski definition) is 9. The second-order valence-electron chi connectivity index (χ2n) is 5.21. The number of thioether (sulfide) groups is 1. The number of nitrogens with one attached hydrogen (secondary N) is 2. The molecule has 5 N–H and O–H groups in total. The van der Waals surface area contributed by atoms with Crippen LogP contribution < -0.4 is 15.9 Å². The van der Waals surface area contributed by atoms with Gasteiger partial charge in [0.1, 0.15) is 17.3 Å². The number of sulfonamides is 1. The topological polar surface area (TPSA) is 173 Å². The van der Waals surface area contributed by atoms with Crippen molar-refractivity contribution in [2.45, 2.75) is 5.03 Å². The van der Waals surface area contributed by atoms with Crippen molar-refractivity contribution in [2.75, 3.05) is 18.1 Å². The van der Waals surface area contributed by atoms with Crippen molar-refractivity contribution in [1.82, 2.24) is 21.1 Å². The lowest BCUT2D eigenvalue weighted by Gasteiger charge is -2.05. The van der Waals surface area contributed by atoms with Gasteiger partial charge in [0.2, 0.25) is 15.9 Å². The lowest BCUT2D eigenvalue weighted by atomic mass is 10.3. The highest BCUT2D eigenvalue weighted by molar-refractivity contribution is 9.10.